The first-order valence-electron chi connectivity index (χ1n) is 10.7. The molecule has 0 aliphatic rings. The van der Waals surface area contributed by atoms with Crippen molar-refractivity contribution in [3.05, 3.63) is 97.8 Å². The molecule has 0 radical (unpaired) electrons. The van der Waals surface area contributed by atoms with E-state index in [0.29, 0.717) is 17.3 Å². The zero-order valence-electron chi connectivity index (χ0n) is 18.8. The maximum Gasteiger partial charge on any atom is 0.330 e. The lowest BCUT2D eigenvalue weighted by Crippen LogP contribution is -2.36. The van der Waals surface area contributed by atoms with E-state index in [1.807, 2.05) is 36.4 Å². The zero-order valence-corrected chi connectivity index (χ0v) is 19.6. The maximum atomic E-state index is 13.1. The number of rotatable bonds is 9. The van der Waals surface area contributed by atoms with Crippen LogP contribution in [-0.2, 0) is 17.8 Å². The molecule has 2 aromatic carbocycles. The fourth-order valence-electron chi connectivity index (χ4n) is 3.46. The van der Waals surface area contributed by atoms with Crippen molar-refractivity contribution in [3.63, 3.8) is 0 Å². The van der Waals surface area contributed by atoms with Gasteiger partial charge in [-0.25, -0.2) is 4.79 Å². The van der Waals surface area contributed by atoms with Crippen LogP contribution in [0, 0.1) is 0 Å². The molecule has 0 spiro atoms. The molecular weight excluding hydrogens is 472 g/mol. The van der Waals surface area contributed by atoms with Gasteiger partial charge < -0.3 is 15.4 Å². The predicted molar refractivity (Wildman–Crippen MR) is 134 cm³/mol. The molecule has 1 amide bonds. The number of H-pyrrole nitrogens is 2. The van der Waals surface area contributed by atoms with E-state index in [0.717, 1.165) is 11.1 Å². The number of ether oxygens (including phenoxy) is 1. The third-order valence-electron chi connectivity index (χ3n) is 5.21. The largest absolute Gasteiger partial charge is 0.383 e. The average molecular weight is 495 g/mol. The molecular formula is C24H23ClN6O4. The second-order valence-electron chi connectivity index (χ2n) is 7.60. The number of hydrogen-bond acceptors (Lipinski definition) is 6. The smallest absolute Gasteiger partial charge is 0.330 e. The molecule has 0 fully saturated rings. The fourth-order valence-corrected chi connectivity index (χ4v) is 3.65. The molecule has 0 atom stereocenters. The van der Waals surface area contributed by atoms with Gasteiger partial charge in [0.2, 0.25) is 0 Å². The highest BCUT2D eigenvalue weighted by molar-refractivity contribution is 6.30. The minimum Gasteiger partial charge on any atom is -0.383 e. The van der Waals surface area contributed by atoms with Crippen molar-refractivity contribution in [3.8, 4) is 11.3 Å². The van der Waals surface area contributed by atoms with Crippen molar-refractivity contribution < 1.29 is 9.53 Å². The van der Waals surface area contributed by atoms with Crippen LogP contribution < -0.4 is 21.9 Å². The number of halogens is 1. The zero-order chi connectivity index (χ0) is 24.8. The lowest BCUT2D eigenvalue weighted by molar-refractivity contribution is 0.102. The highest BCUT2D eigenvalue weighted by Crippen LogP contribution is 2.22. The van der Waals surface area contributed by atoms with Gasteiger partial charge >= 0.3 is 5.69 Å². The molecule has 4 aromatic rings. The summed E-state index contributed by atoms with van der Waals surface area (Å²) in [5, 5.41) is 13.1. The Kier molecular flexibility index (Phi) is 7.44. The highest BCUT2D eigenvalue weighted by Gasteiger charge is 2.20. The molecule has 180 valence electrons. The monoisotopic (exact) mass is 494 g/mol. The lowest BCUT2D eigenvalue weighted by atomic mass is 10.1. The number of carbonyl (C=O) groups is 1. The first-order chi connectivity index (χ1) is 17.0. The van der Waals surface area contributed by atoms with Gasteiger partial charge in [-0.2, -0.15) is 5.10 Å². The number of nitrogens with zero attached hydrogens (tertiary/aromatic N) is 2. The van der Waals surface area contributed by atoms with Crippen molar-refractivity contribution in [2.24, 2.45) is 0 Å². The van der Waals surface area contributed by atoms with Crippen LogP contribution in [0.15, 0.2) is 70.3 Å². The van der Waals surface area contributed by atoms with Crippen LogP contribution in [0.25, 0.3) is 11.3 Å². The summed E-state index contributed by atoms with van der Waals surface area (Å²) in [7, 11) is 1.49. The first kappa shape index (κ1) is 24.0. The number of aromatic nitrogens is 4. The van der Waals surface area contributed by atoms with Gasteiger partial charge in [0.25, 0.3) is 11.5 Å². The minimum atomic E-state index is -0.670. The van der Waals surface area contributed by atoms with E-state index in [-0.39, 0.29) is 30.4 Å². The van der Waals surface area contributed by atoms with Gasteiger partial charge in [0, 0.05) is 24.2 Å². The Morgan fingerprint density at radius 3 is 2.66 bits per heavy atom. The Balaban J connectivity index is 1.67. The number of benzene rings is 2. The maximum absolute atomic E-state index is 13.1. The molecule has 2 aromatic heterocycles. The topological polar surface area (TPSA) is 134 Å². The lowest BCUT2D eigenvalue weighted by Gasteiger charge is -2.17. The van der Waals surface area contributed by atoms with Crippen LogP contribution in [0.4, 0.5) is 11.5 Å². The normalized spacial score (nSPS) is 10.8. The number of hydrogen-bond donors (Lipinski definition) is 4. The van der Waals surface area contributed by atoms with Crippen LogP contribution in [-0.4, -0.2) is 39.4 Å². The van der Waals surface area contributed by atoms with E-state index < -0.39 is 17.2 Å². The molecule has 0 saturated carbocycles. The summed E-state index contributed by atoms with van der Waals surface area (Å²) in [6.07, 6.45) is 0. The number of carbonyl (C=O) groups excluding carboxylic acids is 1. The number of amides is 1. The third-order valence-corrected chi connectivity index (χ3v) is 5.44. The molecule has 35 heavy (non-hydrogen) atoms. The van der Waals surface area contributed by atoms with E-state index in [1.165, 1.54) is 11.7 Å². The van der Waals surface area contributed by atoms with Crippen molar-refractivity contribution in [1.82, 2.24) is 19.7 Å². The van der Waals surface area contributed by atoms with E-state index in [1.54, 1.807) is 24.3 Å². The summed E-state index contributed by atoms with van der Waals surface area (Å²) >= 11 is 6.05. The molecule has 0 aliphatic carbocycles. The van der Waals surface area contributed by atoms with Crippen LogP contribution >= 0.6 is 11.6 Å². The van der Waals surface area contributed by atoms with Gasteiger partial charge in [-0.3, -0.25) is 24.2 Å². The Hall–Kier alpha value is -4.15. The minimum absolute atomic E-state index is 0.0237. The molecule has 11 heteroatoms. The van der Waals surface area contributed by atoms with Crippen LogP contribution in [0.2, 0.25) is 5.02 Å². The number of anilines is 2. The summed E-state index contributed by atoms with van der Waals surface area (Å²) in [5.74, 6) is -0.555. The number of nitrogens with one attached hydrogen (secondary N) is 4. The van der Waals surface area contributed by atoms with Crippen molar-refractivity contribution in [2.75, 3.05) is 24.4 Å². The highest BCUT2D eigenvalue weighted by atomic mass is 35.5. The summed E-state index contributed by atoms with van der Waals surface area (Å²) in [6.45, 7) is 0.604. The van der Waals surface area contributed by atoms with Gasteiger partial charge in [-0.1, -0.05) is 54.1 Å². The van der Waals surface area contributed by atoms with Crippen LogP contribution in [0.5, 0.6) is 0 Å². The van der Waals surface area contributed by atoms with E-state index in [2.05, 4.69) is 25.8 Å². The third kappa shape index (κ3) is 5.68. The van der Waals surface area contributed by atoms with Crippen molar-refractivity contribution in [2.45, 2.75) is 13.1 Å². The fraction of sp³-hybridized carbons (Fsp3) is 0.167. The van der Waals surface area contributed by atoms with Crippen molar-refractivity contribution in [1.29, 1.82) is 0 Å². The van der Waals surface area contributed by atoms with Gasteiger partial charge in [-0.15, -0.1) is 0 Å². The Labute approximate surface area is 204 Å². The van der Waals surface area contributed by atoms with E-state index in [9.17, 15) is 14.4 Å². The second-order valence-corrected chi connectivity index (χ2v) is 8.03. The predicted octanol–water partition coefficient (Wildman–Crippen LogP) is 3.09. The van der Waals surface area contributed by atoms with Crippen molar-refractivity contribution >= 4 is 29.0 Å². The Morgan fingerprint density at radius 1 is 1.11 bits per heavy atom. The SMILES string of the molecule is COCCn1c(NC(=O)c2cc(-c3cccc(Cl)c3)n[nH]2)c(NCc2ccccc2)c(=O)[nH]c1=O. The average Bonchev–Trinajstić information content (AvgIpc) is 3.35. The van der Waals surface area contributed by atoms with Gasteiger partial charge in [-0.05, 0) is 23.8 Å². The quantitative estimate of drug-likeness (QED) is 0.282. The molecule has 4 rings (SSSR count). The molecule has 0 bridgehead atoms. The standard InChI is InChI=1S/C24H23ClN6O4/c1-35-11-10-31-21(20(23(33)28-24(31)34)26-14-15-6-3-2-4-7-15)27-22(32)19-13-18(29-30-19)16-8-5-9-17(25)12-16/h2-9,12-13,26H,10-11,14H2,1H3,(H,27,32)(H,29,30)(H,28,33,34). The van der Waals surface area contributed by atoms with Crippen LogP contribution in [0.1, 0.15) is 16.1 Å². The summed E-state index contributed by atoms with van der Waals surface area (Å²) in [4.78, 5) is 40.7. The Morgan fingerprint density at radius 2 is 1.91 bits per heavy atom. The van der Waals surface area contributed by atoms with Crippen LogP contribution in [0.3, 0.4) is 0 Å². The summed E-state index contributed by atoms with van der Waals surface area (Å²) < 4.78 is 6.34. The first-order valence-corrected chi connectivity index (χ1v) is 11.1. The molecule has 0 unspecified atom stereocenters. The van der Waals surface area contributed by atoms with E-state index in [4.69, 9.17) is 16.3 Å². The van der Waals surface area contributed by atoms with Gasteiger partial charge in [0.1, 0.15) is 17.2 Å². The summed E-state index contributed by atoms with van der Waals surface area (Å²) in [5.41, 5.74) is 1.02. The molecule has 0 saturated heterocycles. The van der Waals surface area contributed by atoms with E-state index >= 15 is 0 Å². The molecule has 10 nitrogen and oxygen atoms in total. The number of methoxy groups -OCH3 is 1. The second kappa shape index (κ2) is 10.9. The molecule has 4 N–H and O–H groups in total. The Bertz CT molecular complexity index is 1440. The molecule has 2 heterocycles. The molecule has 0 aliphatic heterocycles. The summed E-state index contributed by atoms with van der Waals surface area (Å²) in [6, 6.07) is 18.0. The van der Waals surface area contributed by atoms with Gasteiger partial charge in [0.05, 0.1) is 18.8 Å². The van der Waals surface area contributed by atoms with Gasteiger partial charge in [0.15, 0.2) is 0 Å². The number of aromatic amines is 2.